The Morgan fingerprint density at radius 2 is 1.67 bits per heavy atom. The van der Waals surface area contributed by atoms with Crippen molar-refractivity contribution in [2.24, 2.45) is 0 Å². The Morgan fingerprint density at radius 1 is 0.939 bits per heavy atom. The molecule has 4 heterocycles. The zero-order valence-electron chi connectivity index (χ0n) is 27.1. The second-order valence-electron chi connectivity index (χ2n) is 13.3. The summed E-state index contributed by atoms with van der Waals surface area (Å²) in [6, 6.07) is 32.0. The van der Waals surface area contributed by atoms with E-state index in [-0.39, 0.29) is 29.7 Å². The maximum atomic E-state index is 15.8. The summed E-state index contributed by atoms with van der Waals surface area (Å²) in [5.74, 6) is -1.42. The van der Waals surface area contributed by atoms with Gasteiger partial charge in [-0.15, -0.1) is 0 Å². The normalized spacial score (nSPS) is 18.4. The molecule has 1 saturated heterocycles. The Morgan fingerprint density at radius 3 is 2.39 bits per heavy atom. The number of hydrogen-bond donors (Lipinski definition) is 1. The molecule has 0 bridgehead atoms. The number of amides is 1. The van der Waals surface area contributed by atoms with E-state index < -0.39 is 23.0 Å². The van der Waals surface area contributed by atoms with Crippen LogP contribution in [0.3, 0.4) is 0 Å². The lowest BCUT2D eigenvalue weighted by molar-refractivity contribution is -0.119. The van der Waals surface area contributed by atoms with E-state index in [1.807, 2.05) is 79.9 Å². The van der Waals surface area contributed by atoms with Crippen molar-refractivity contribution < 1.29 is 13.6 Å². The third-order valence-corrected chi connectivity index (χ3v) is 9.87. The number of aromatic nitrogens is 3. The fraction of sp³-hybridized carbons (Fsp3) is 0.195. The van der Waals surface area contributed by atoms with Crippen LogP contribution in [0.4, 0.5) is 8.78 Å². The molecule has 0 saturated carbocycles. The van der Waals surface area contributed by atoms with Crippen LogP contribution in [-0.2, 0) is 16.6 Å². The van der Waals surface area contributed by atoms with Gasteiger partial charge in [0, 0.05) is 61.0 Å². The summed E-state index contributed by atoms with van der Waals surface area (Å²) in [4.78, 5) is 24.4. The summed E-state index contributed by atoms with van der Waals surface area (Å²) >= 11 is 0. The molecule has 3 aromatic heterocycles. The summed E-state index contributed by atoms with van der Waals surface area (Å²) in [5.41, 5.74) is 5.13. The van der Waals surface area contributed by atoms with Crippen molar-refractivity contribution in [3.63, 3.8) is 0 Å². The zero-order valence-corrected chi connectivity index (χ0v) is 27.1. The Hall–Kier alpha value is -5.47. The van der Waals surface area contributed by atoms with E-state index in [0.717, 1.165) is 22.2 Å². The van der Waals surface area contributed by atoms with Gasteiger partial charge in [-0.05, 0) is 52.6 Å². The van der Waals surface area contributed by atoms with E-state index in [1.54, 1.807) is 22.9 Å². The molecule has 1 unspecified atom stereocenters. The SMILES string of the molecule is CC1(c2cc(F)c3ncc(Cc4ccc5ncccc5c4)n3c2)C=CC(C(=O)NC2CN(C(c3ccccc3)c3ccccc3)C2)=C(F)C1. The highest BCUT2D eigenvalue weighted by atomic mass is 19.1. The number of nitrogens with zero attached hydrogens (tertiary/aromatic N) is 4. The number of fused-ring (bicyclic) bond motifs is 2. The van der Waals surface area contributed by atoms with Crippen LogP contribution >= 0.6 is 0 Å². The first kappa shape index (κ1) is 30.8. The van der Waals surface area contributed by atoms with Gasteiger partial charge in [-0.2, -0.15) is 0 Å². The molecule has 1 fully saturated rings. The van der Waals surface area contributed by atoms with Crippen molar-refractivity contribution >= 4 is 22.5 Å². The summed E-state index contributed by atoms with van der Waals surface area (Å²) in [7, 11) is 0. The van der Waals surface area contributed by atoms with Gasteiger partial charge in [0.1, 0.15) is 5.83 Å². The largest absolute Gasteiger partial charge is 0.347 e. The Kier molecular flexibility index (Phi) is 7.88. The third kappa shape index (κ3) is 5.93. The Labute approximate surface area is 283 Å². The molecule has 1 atom stereocenters. The van der Waals surface area contributed by atoms with Crippen LogP contribution in [0, 0.1) is 5.82 Å². The number of allylic oxidation sites excluding steroid dienone is 2. The van der Waals surface area contributed by atoms with Crippen molar-refractivity contribution in [2.75, 3.05) is 13.1 Å². The predicted molar refractivity (Wildman–Crippen MR) is 187 cm³/mol. The minimum absolute atomic E-state index is 0.0225. The first-order valence-electron chi connectivity index (χ1n) is 16.6. The van der Waals surface area contributed by atoms with E-state index in [9.17, 15) is 4.79 Å². The molecular formula is C41H35F2N5O. The molecular weight excluding hydrogens is 616 g/mol. The number of hydrogen-bond acceptors (Lipinski definition) is 4. The molecule has 1 amide bonds. The van der Waals surface area contributed by atoms with Crippen molar-refractivity contribution in [2.45, 2.75) is 37.3 Å². The van der Waals surface area contributed by atoms with Crippen LogP contribution < -0.4 is 5.32 Å². The van der Waals surface area contributed by atoms with Crippen LogP contribution in [-0.4, -0.2) is 44.3 Å². The topological polar surface area (TPSA) is 62.5 Å². The van der Waals surface area contributed by atoms with Crippen molar-refractivity contribution in [3.05, 3.63) is 173 Å². The lowest BCUT2D eigenvalue weighted by Gasteiger charge is -2.45. The van der Waals surface area contributed by atoms with E-state index in [4.69, 9.17) is 0 Å². The second kappa shape index (κ2) is 12.5. The maximum Gasteiger partial charge on any atom is 0.254 e. The van der Waals surface area contributed by atoms with Crippen LogP contribution in [0.2, 0.25) is 0 Å². The molecule has 2 aliphatic rings. The van der Waals surface area contributed by atoms with Crippen LogP contribution in [0.5, 0.6) is 0 Å². The smallest absolute Gasteiger partial charge is 0.254 e. The van der Waals surface area contributed by atoms with Gasteiger partial charge in [-0.3, -0.25) is 14.7 Å². The highest BCUT2D eigenvalue weighted by Crippen LogP contribution is 2.39. The van der Waals surface area contributed by atoms with Crippen LogP contribution in [0.15, 0.2) is 139 Å². The minimum atomic E-state index is -0.856. The average Bonchev–Trinajstić information content (AvgIpc) is 3.51. The molecule has 244 valence electrons. The second-order valence-corrected chi connectivity index (χ2v) is 13.3. The number of benzene rings is 3. The highest BCUT2D eigenvalue weighted by Gasteiger charge is 2.37. The molecule has 49 heavy (non-hydrogen) atoms. The Balaban J connectivity index is 0.967. The standard InChI is InChI=1S/C41H35F2N5O/c1-41(31-21-35(42)39-45-23-33(48(39)24-31)20-27-14-15-37-30(19-27)13-8-18-44-37)17-16-34(36(43)22-41)40(49)46-32-25-47(26-32)38(28-9-4-2-5-10-28)29-11-6-3-7-12-29/h2-19,21,23-24,32,38H,20,22,25-26H2,1H3,(H,46,49). The van der Waals surface area contributed by atoms with Crippen LogP contribution in [0.25, 0.3) is 16.6 Å². The van der Waals surface area contributed by atoms with Gasteiger partial charge in [-0.25, -0.2) is 13.8 Å². The lowest BCUT2D eigenvalue weighted by atomic mass is 9.76. The summed E-state index contributed by atoms with van der Waals surface area (Å²) < 4.78 is 33.0. The van der Waals surface area contributed by atoms with Gasteiger partial charge in [0.25, 0.3) is 5.91 Å². The first-order valence-corrected chi connectivity index (χ1v) is 16.6. The van der Waals surface area contributed by atoms with Gasteiger partial charge in [0.15, 0.2) is 11.5 Å². The number of halogens is 2. The van der Waals surface area contributed by atoms with E-state index >= 15 is 8.78 Å². The van der Waals surface area contributed by atoms with E-state index in [0.29, 0.717) is 25.1 Å². The summed E-state index contributed by atoms with van der Waals surface area (Å²) in [5, 5.41) is 4.07. The summed E-state index contributed by atoms with van der Waals surface area (Å²) in [6.45, 7) is 3.17. The molecule has 1 aliphatic heterocycles. The van der Waals surface area contributed by atoms with Crippen molar-refractivity contribution in [3.8, 4) is 0 Å². The molecule has 6 nitrogen and oxygen atoms in total. The van der Waals surface area contributed by atoms with E-state index in [2.05, 4.69) is 50.5 Å². The molecule has 0 spiro atoms. The van der Waals surface area contributed by atoms with Crippen molar-refractivity contribution in [1.29, 1.82) is 0 Å². The fourth-order valence-electron chi connectivity index (χ4n) is 7.18. The van der Waals surface area contributed by atoms with Crippen LogP contribution in [0.1, 0.15) is 47.3 Å². The number of likely N-dealkylation sites (tertiary alicyclic amines) is 1. The number of nitrogens with one attached hydrogen (secondary N) is 1. The minimum Gasteiger partial charge on any atom is -0.347 e. The third-order valence-electron chi connectivity index (χ3n) is 9.87. The Bertz CT molecular complexity index is 2200. The molecule has 1 N–H and O–H groups in total. The van der Waals surface area contributed by atoms with Gasteiger partial charge >= 0.3 is 0 Å². The van der Waals surface area contributed by atoms with Gasteiger partial charge < -0.3 is 9.72 Å². The number of pyridine rings is 2. The summed E-state index contributed by atoms with van der Waals surface area (Å²) in [6.07, 6.45) is 9.12. The maximum absolute atomic E-state index is 15.8. The van der Waals surface area contributed by atoms with Gasteiger partial charge in [0.05, 0.1) is 23.2 Å². The highest BCUT2D eigenvalue weighted by molar-refractivity contribution is 5.97. The number of carbonyl (C=O) groups excluding carboxylic acids is 1. The molecule has 3 aromatic carbocycles. The van der Waals surface area contributed by atoms with E-state index in [1.165, 1.54) is 17.2 Å². The number of carbonyl (C=O) groups is 1. The first-order chi connectivity index (χ1) is 23.8. The van der Waals surface area contributed by atoms with Gasteiger partial charge in [0.2, 0.25) is 0 Å². The number of imidazole rings is 1. The van der Waals surface area contributed by atoms with Crippen molar-refractivity contribution in [1.82, 2.24) is 24.6 Å². The molecule has 1 aliphatic carbocycles. The molecule has 8 rings (SSSR count). The predicted octanol–water partition coefficient (Wildman–Crippen LogP) is 7.64. The monoisotopic (exact) mass is 651 g/mol. The molecule has 0 radical (unpaired) electrons. The lowest BCUT2D eigenvalue weighted by Crippen LogP contribution is -2.60. The average molecular weight is 652 g/mol. The zero-order chi connectivity index (χ0) is 33.5. The molecule has 6 aromatic rings. The quantitative estimate of drug-likeness (QED) is 0.184. The molecule has 8 heteroatoms. The number of rotatable bonds is 8. The van der Waals surface area contributed by atoms with Gasteiger partial charge in [-0.1, -0.05) is 85.8 Å². The fourth-order valence-corrected chi connectivity index (χ4v) is 7.18.